The second kappa shape index (κ2) is 7.55. The molecule has 100 valence electrons. The van der Waals surface area contributed by atoms with Crippen LogP contribution in [0.2, 0.25) is 0 Å². The topological polar surface area (TPSA) is 59.6 Å². The summed E-state index contributed by atoms with van der Waals surface area (Å²) in [6, 6.07) is 5.79. The number of carbonyl (C=O) groups is 1. The van der Waals surface area contributed by atoms with E-state index in [0.29, 0.717) is 6.54 Å². The monoisotopic (exact) mass is 252 g/mol. The molecule has 0 aromatic heterocycles. The summed E-state index contributed by atoms with van der Waals surface area (Å²) in [4.78, 5) is 10.7. The molecule has 1 amide bonds. The van der Waals surface area contributed by atoms with Gasteiger partial charge in [0, 0.05) is 26.6 Å². The number of hydrogen-bond donors (Lipinski definition) is 2. The second-order valence-electron chi connectivity index (χ2n) is 3.85. The molecule has 1 aromatic rings. The summed E-state index contributed by atoms with van der Waals surface area (Å²) in [5.41, 5.74) is 1.11. The molecule has 0 spiro atoms. The molecular formula is C13H20N2O3. The molecule has 0 radical (unpaired) electrons. The van der Waals surface area contributed by atoms with E-state index < -0.39 is 0 Å². The van der Waals surface area contributed by atoms with Crippen LogP contribution in [0.4, 0.5) is 0 Å². The van der Waals surface area contributed by atoms with Gasteiger partial charge in [-0.15, -0.1) is 0 Å². The molecule has 0 atom stereocenters. The van der Waals surface area contributed by atoms with Crippen molar-refractivity contribution in [2.75, 3.05) is 27.3 Å². The van der Waals surface area contributed by atoms with E-state index in [1.54, 1.807) is 14.2 Å². The van der Waals surface area contributed by atoms with Gasteiger partial charge in [-0.1, -0.05) is 6.07 Å². The third-order valence-corrected chi connectivity index (χ3v) is 2.45. The smallest absolute Gasteiger partial charge is 0.216 e. The molecule has 0 aliphatic rings. The number of rotatable bonds is 7. The summed E-state index contributed by atoms with van der Waals surface area (Å²) in [5, 5.41) is 5.96. The SMILES string of the molecule is COc1ccc(CNCCNC(C)=O)cc1OC. The van der Waals surface area contributed by atoms with Crippen molar-refractivity contribution < 1.29 is 14.3 Å². The molecule has 5 nitrogen and oxygen atoms in total. The molecule has 0 fully saturated rings. The fourth-order valence-corrected chi connectivity index (χ4v) is 1.55. The normalized spacial score (nSPS) is 9.94. The Labute approximate surface area is 107 Å². The number of nitrogens with one attached hydrogen (secondary N) is 2. The third kappa shape index (κ3) is 4.63. The Morgan fingerprint density at radius 2 is 1.89 bits per heavy atom. The molecule has 0 aliphatic carbocycles. The van der Waals surface area contributed by atoms with Crippen molar-refractivity contribution >= 4 is 5.91 Å². The maximum absolute atomic E-state index is 10.7. The van der Waals surface area contributed by atoms with Crippen LogP contribution in [0.1, 0.15) is 12.5 Å². The summed E-state index contributed by atoms with van der Waals surface area (Å²) in [6.45, 7) is 3.59. The zero-order valence-electron chi connectivity index (χ0n) is 11.1. The van der Waals surface area contributed by atoms with Crippen LogP contribution in [-0.4, -0.2) is 33.2 Å². The Bertz CT molecular complexity index is 394. The minimum atomic E-state index is -0.0112. The maximum atomic E-state index is 10.7. The van der Waals surface area contributed by atoms with Crippen LogP contribution >= 0.6 is 0 Å². The van der Waals surface area contributed by atoms with Gasteiger partial charge in [-0.25, -0.2) is 0 Å². The number of methoxy groups -OCH3 is 2. The first-order chi connectivity index (χ1) is 8.67. The van der Waals surface area contributed by atoms with E-state index in [9.17, 15) is 4.79 Å². The molecule has 2 N–H and O–H groups in total. The number of hydrogen-bond acceptors (Lipinski definition) is 4. The van der Waals surface area contributed by atoms with Crippen LogP contribution in [-0.2, 0) is 11.3 Å². The van der Waals surface area contributed by atoms with Gasteiger partial charge < -0.3 is 20.1 Å². The molecule has 0 heterocycles. The van der Waals surface area contributed by atoms with Gasteiger partial charge in [0.25, 0.3) is 0 Å². The highest BCUT2D eigenvalue weighted by atomic mass is 16.5. The van der Waals surface area contributed by atoms with Crippen molar-refractivity contribution in [3.05, 3.63) is 23.8 Å². The van der Waals surface area contributed by atoms with E-state index in [2.05, 4.69) is 10.6 Å². The largest absolute Gasteiger partial charge is 0.493 e. The second-order valence-corrected chi connectivity index (χ2v) is 3.85. The van der Waals surface area contributed by atoms with Gasteiger partial charge in [-0.3, -0.25) is 4.79 Å². The summed E-state index contributed by atoms with van der Waals surface area (Å²) < 4.78 is 10.4. The van der Waals surface area contributed by atoms with E-state index in [1.807, 2.05) is 18.2 Å². The highest BCUT2D eigenvalue weighted by Gasteiger charge is 2.03. The van der Waals surface area contributed by atoms with Crippen molar-refractivity contribution in [1.82, 2.24) is 10.6 Å². The summed E-state index contributed by atoms with van der Waals surface area (Å²) in [6.07, 6.45) is 0. The molecule has 0 saturated heterocycles. The molecule has 1 rings (SSSR count). The minimum absolute atomic E-state index is 0.0112. The predicted octanol–water partition coefficient (Wildman–Crippen LogP) is 0.929. The lowest BCUT2D eigenvalue weighted by molar-refractivity contribution is -0.118. The number of carbonyl (C=O) groups excluding carboxylic acids is 1. The maximum Gasteiger partial charge on any atom is 0.216 e. The first kappa shape index (κ1) is 14.3. The highest BCUT2D eigenvalue weighted by molar-refractivity contribution is 5.72. The average molecular weight is 252 g/mol. The zero-order valence-corrected chi connectivity index (χ0v) is 11.1. The fourth-order valence-electron chi connectivity index (χ4n) is 1.55. The van der Waals surface area contributed by atoms with Crippen LogP contribution in [0.5, 0.6) is 11.5 Å². The molecule has 0 bridgehead atoms. The first-order valence-corrected chi connectivity index (χ1v) is 5.83. The van der Waals surface area contributed by atoms with Crippen LogP contribution in [0.15, 0.2) is 18.2 Å². The molecule has 1 aromatic carbocycles. The van der Waals surface area contributed by atoms with Crippen molar-refractivity contribution in [2.45, 2.75) is 13.5 Å². The summed E-state index contributed by atoms with van der Waals surface area (Å²) in [7, 11) is 3.23. The zero-order chi connectivity index (χ0) is 13.4. The van der Waals surface area contributed by atoms with E-state index in [1.165, 1.54) is 6.92 Å². The Morgan fingerprint density at radius 3 is 2.50 bits per heavy atom. The lowest BCUT2D eigenvalue weighted by Gasteiger charge is -2.10. The average Bonchev–Trinajstić information content (AvgIpc) is 2.37. The van der Waals surface area contributed by atoms with Gasteiger partial charge in [-0.2, -0.15) is 0 Å². The Morgan fingerprint density at radius 1 is 1.17 bits per heavy atom. The minimum Gasteiger partial charge on any atom is -0.493 e. The lowest BCUT2D eigenvalue weighted by atomic mass is 10.2. The number of ether oxygens (including phenoxy) is 2. The van der Waals surface area contributed by atoms with Crippen molar-refractivity contribution in [3.63, 3.8) is 0 Å². The summed E-state index contributed by atoms with van der Waals surface area (Å²) >= 11 is 0. The standard InChI is InChI=1S/C13H20N2O3/c1-10(16)15-7-6-14-9-11-4-5-12(17-2)13(8-11)18-3/h4-5,8,14H,6-7,9H2,1-3H3,(H,15,16). The van der Waals surface area contributed by atoms with Crippen LogP contribution in [0, 0.1) is 0 Å². The number of amides is 1. The lowest BCUT2D eigenvalue weighted by Crippen LogP contribution is -2.29. The van der Waals surface area contributed by atoms with E-state index in [-0.39, 0.29) is 5.91 Å². The first-order valence-electron chi connectivity index (χ1n) is 5.83. The van der Waals surface area contributed by atoms with Crippen molar-refractivity contribution in [2.24, 2.45) is 0 Å². The molecular weight excluding hydrogens is 232 g/mol. The van der Waals surface area contributed by atoms with Gasteiger partial charge in [0.2, 0.25) is 5.91 Å². The van der Waals surface area contributed by atoms with Gasteiger partial charge in [0.1, 0.15) is 0 Å². The Hall–Kier alpha value is -1.75. The van der Waals surface area contributed by atoms with E-state index >= 15 is 0 Å². The van der Waals surface area contributed by atoms with Crippen LogP contribution < -0.4 is 20.1 Å². The predicted molar refractivity (Wildman–Crippen MR) is 69.9 cm³/mol. The Kier molecular flexibility index (Phi) is 6.00. The molecule has 18 heavy (non-hydrogen) atoms. The van der Waals surface area contributed by atoms with E-state index in [0.717, 1.165) is 30.2 Å². The molecule has 0 unspecified atom stereocenters. The highest BCUT2D eigenvalue weighted by Crippen LogP contribution is 2.27. The van der Waals surface area contributed by atoms with Crippen LogP contribution in [0.25, 0.3) is 0 Å². The van der Waals surface area contributed by atoms with Gasteiger partial charge in [0.05, 0.1) is 14.2 Å². The van der Waals surface area contributed by atoms with Crippen molar-refractivity contribution in [1.29, 1.82) is 0 Å². The van der Waals surface area contributed by atoms with Crippen molar-refractivity contribution in [3.8, 4) is 11.5 Å². The van der Waals surface area contributed by atoms with Crippen LogP contribution in [0.3, 0.4) is 0 Å². The molecule has 5 heteroatoms. The molecule has 0 saturated carbocycles. The van der Waals surface area contributed by atoms with Gasteiger partial charge in [-0.05, 0) is 17.7 Å². The third-order valence-electron chi connectivity index (χ3n) is 2.45. The van der Waals surface area contributed by atoms with Gasteiger partial charge in [0.15, 0.2) is 11.5 Å². The Balaban J connectivity index is 2.40. The number of benzene rings is 1. The quantitative estimate of drug-likeness (QED) is 0.709. The van der Waals surface area contributed by atoms with E-state index in [4.69, 9.17) is 9.47 Å². The fraction of sp³-hybridized carbons (Fsp3) is 0.462. The molecule has 0 aliphatic heterocycles. The summed E-state index contributed by atoms with van der Waals surface area (Å²) in [5.74, 6) is 1.43. The van der Waals surface area contributed by atoms with Gasteiger partial charge >= 0.3 is 0 Å².